The van der Waals surface area contributed by atoms with E-state index in [9.17, 15) is 8.78 Å². The first kappa shape index (κ1) is 9.87. The van der Waals surface area contributed by atoms with Gasteiger partial charge in [-0.3, -0.25) is 5.41 Å². The molecule has 2 nitrogen and oxygen atoms in total. The van der Waals surface area contributed by atoms with Crippen molar-refractivity contribution in [3.63, 3.8) is 0 Å². The normalized spacial score (nSPS) is 27.1. The van der Waals surface area contributed by atoms with Gasteiger partial charge in [0.15, 0.2) is 0 Å². The maximum absolute atomic E-state index is 12.9. The van der Waals surface area contributed by atoms with Gasteiger partial charge in [-0.2, -0.15) is 0 Å². The zero-order valence-electron chi connectivity index (χ0n) is 8.23. The molecule has 1 aliphatic heterocycles. The number of hydrogen-bond donors (Lipinski definition) is 1. The summed E-state index contributed by atoms with van der Waals surface area (Å²) in [6.07, 6.45) is 4.25. The first-order chi connectivity index (χ1) is 6.58. The van der Waals surface area contributed by atoms with Gasteiger partial charge in [0, 0.05) is 18.9 Å². The third kappa shape index (κ3) is 1.88. The lowest BCUT2D eigenvalue weighted by Gasteiger charge is -2.23. The van der Waals surface area contributed by atoms with E-state index in [1.165, 1.54) is 0 Å². The number of hydrogen-bond acceptors (Lipinski definition) is 1. The van der Waals surface area contributed by atoms with E-state index in [0.717, 1.165) is 25.7 Å². The van der Waals surface area contributed by atoms with E-state index < -0.39 is 5.92 Å². The maximum Gasteiger partial charge on any atom is 0.266 e. The van der Waals surface area contributed by atoms with E-state index >= 15 is 0 Å². The Hall–Kier alpha value is -0.670. The van der Waals surface area contributed by atoms with E-state index in [1.807, 2.05) is 0 Å². The summed E-state index contributed by atoms with van der Waals surface area (Å²) in [7, 11) is 0. The lowest BCUT2D eigenvalue weighted by molar-refractivity contribution is 0.0172. The van der Waals surface area contributed by atoms with Crippen LogP contribution in [-0.2, 0) is 0 Å². The largest absolute Gasteiger partial charge is 0.354 e. The van der Waals surface area contributed by atoms with Crippen LogP contribution in [0.5, 0.6) is 0 Å². The van der Waals surface area contributed by atoms with Crippen molar-refractivity contribution in [2.45, 2.75) is 38.0 Å². The van der Waals surface area contributed by atoms with Gasteiger partial charge in [0.1, 0.15) is 0 Å². The summed E-state index contributed by atoms with van der Waals surface area (Å²) in [5, 5.41) is 7.85. The van der Waals surface area contributed by atoms with Crippen molar-refractivity contribution in [3.05, 3.63) is 0 Å². The van der Waals surface area contributed by atoms with Gasteiger partial charge in [-0.25, -0.2) is 8.78 Å². The monoisotopic (exact) mass is 202 g/mol. The van der Waals surface area contributed by atoms with Crippen molar-refractivity contribution in [2.24, 2.45) is 5.92 Å². The summed E-state index contributed by atoms with van der Waals surface area (Å²) in [5.41, 5.74) is 0. The van der Waals surface area contributed by atoms with E-state index in [2.05, 4.69) is 0 Å². The van der Waals surface area contributed by atoms with Crippen molar-refractivity contribution in [1.82, 2.24) is 4.90 Å². The molecule has 1 saturated heterocycles. The molecule has 2 rings (SSSR count). The molecule has 4 heteroatoms. The highest BCUT2D eigenvalue weighted by atomic mass is 19.3. The van der Waals surface area contributed by atoms with Gasteiger partial charge in [0.05, 0.1) is 12.4 Å². The molecule has 80 valence electrons. The molecule has 0 aromatic rings. The summed E-state index contributed by atoms with van der Waals surface area (Å²) < 4.78 is 25.8. The molecule has 0 bridgehead atoms. The molecule has 0 radical (unpaired) electrons. The molecular weight excluding hydrogens is 186 g/mol. The van der Waals surface area contributed by atoms with Crippen LogP contribution in [0, 0.1) is 11.3 Å². The molecule has 1 saturated carbocycles. The maximum atomic E-state index is 12.9. The van der Waals surface area contributed by atoms with Crippen molar-refractivity contribution >= 4 is 5.84 Å². The van der Waals surface area contributed by atoms with Crippen molar-refractivity contribution < 1.29 is 8.78 Å². The number of alkyl halides is 2. The van der Waals surface area contributed by atoms with E-state index in [-0.39, 0.29) is 18.9 Å². The highest BCUT2D eigenvalue weighted by Crippen LogP contribution is 2.32. The zero-order chi connectivity index (χ0) is 10.2. The molecule has 2 fully saturated rings. The van der Waals surface area contributed by atoms with Gasteiger partial charge in [-0.05, 0) is 12.8 Å². The van der Waals surface area contributed by atoms with Crippen molar-refractivity contribution in [1.29, 1.82) is 5.41 Å². The highest BCUT2D eigenvalue weighted by molar-refractivity contribution is 5.82. The summed E-state index contributed by atoms with van der Waals surface area (Å²) >= 11 is 0. The third-order valence-electron chi connectivity index (χ3n) is 3.25. The molecule has 0 aromatic carbocycles. The minimum absolute atomic E-state index is 0.0812. The Bertz CT molecular complexity index is 234. The molecule has 1 heterocycles. The summed E-state index contributed by atoms with van der Waals surface area (Å²) in [4.78, 5) is 1.57. The number of nitrogens with zero attached hydrogens (tertiary/aromatic N) is 1. The Morgan fingerprint density at radius 1 is 1.29 bits per heavy atom. The fourth-order valence-electron chi connectivity index (χ4n) is 2.40. The Kier molecular flexibility index (Phi) is 2.45. The van der Waals surface area contributed by atoms with Crippen LogP contribution in [0.1, 0.15) is 32.1 Å². The molecule has 0 aromatic heterocycles. The Balaban J connectivity index is 1.92. The van der Waals surface area contributed by atoms with Crippen LogP contribution in [0.25, 0.3) is 0 Å². The zero-order valence-corrected chi connectivity index (χ0v) is 8.23. The summed E-state index contributed by atoms with van der Waals surface area (Å²) in [6, 6.07) is 0. The molecular formula is C10H16F2N2. The second-order valence-corrected chi connectivity index (χ2v) is 4.39. The van der Waals surface area contributed by atoms with E-state index in [1.54, 1.807) is 4.90 Å². The summed E-state index contributed by atoms with van der Waals surface area (Å²) in [6.45, 7) is 0.130. The van der Waals surface area contributed by atoms with Gasteiger partial charge < -0.3 is 4.90 Å². The smallest absolute Gasteiger partial charge is 0.266 e. The second kappa shape index (κ2) is 3.48. The first-order valence-corrected chi connectivity index (χ1v) is 5.30. The molecule has 0 amide bonds. The average Bonchev–Trinajstić information content (AvgIpc) is 2.72. The topological polar surface area (TPSA) is 27.1 Å². The fourth-order valence-corrected chi connectivity index (χ4v) is 2.40. The van der Waals surface area contributed by atoms with Gasteiger partial charge >= 0.3 is 0 Å². The number of amidine groups is 1. The van der Waals surface area contributed by atoms with E-state index in [0.29, 0.717) is 12.4 Å². The lowest BCUT2D eigenvalue weighted by atomic mass is 10.1. The lowest BCUT2D eigenvalue weighted by Crippen LogP contribution is -2.34. The number of halogens is 2. The summed E-state index contributed by atoms with van der Waals surface area (Å²) in [5.74, 6) is -1.85. The SMILES string of the molecule is N=C(C1CCCC1)N1CCC(F)(F)C1. The molecule has 1 N–H and O–H groups in total. The second-order valence-electron chi connectivity index (χ2n) is 4.39. The molecule has 14 heavy (non-hydrogen) atoms. The highest BCUT2D eigenvalue weighted by Gasteiger charge is 2.40. The number of rotatable bonds is 1. The van der Waals surface area contributed by atoms with E-state index in [4.69, 9.17) is 5.41 Å². The molecule has 0 unspecified atom stereocenters. The van der Waals surface area contributed by atoms with Crippen LogP contribution in [0.2, 0.25) is 0 Å². The molecule has 0 spiro atoms. The van der Waals surface area contributed by atoms with Crippen LogP contribution in [0.15, 0.2) is 0 Å². The van der Waals surface area contributed by atoms with Gasteiger partial charge in [-0.1, -0.05) is 12.8 Å². The predicted octanol–water partition coefficient (Wildman–Crippen LogP) is 2.49. The minimum Gasteiger partial charge on any atom is -0.354 e. The van der Waals surface area contributed by atoms with Gasteiger partial charge in [-0.15, -0.1) is 0 Å². The molecule has 2 aliphatic rings. The first-order valence-electron chi connectivity index (χ1n) is 5.30. The van der Waals surface area contributed by atoms with Crippen molar-refractivity contribution in [2.75, 3.05) is 13.1 Å². The Morgan fingerprint density at radius 2 is 1.93 bits per heavy atom. The van der Waals surface area contributed by atoms with Crippen LogP contribution in [0.3, 0.4) is 0 Å². The Morgan fingerprint density at radius 3 is 2.43 bits per heavy atom. The fraction of sp³-hybridized carbons (Fsp3) is 0.900. The third-order valence-corrected chi connectivity index (χ3v) is 3.25. The standard InChI is InChI=1S/C10H16F2N2/c11-10(12)5-6-14(7-10)9(13)8-3-1-2-4-8/h8,13H,1-7H2. The molecule has 1 aliphatic carbocycles. The number of nitrogens with one attached hydrogen (secondary N) is 1. The van der Waals surface area contributed by atoms with Gasteiger partial charge in [0.25, 0.3) is 5.92 Å². The van der Waals surface area contributed by atoms with Crippen LogP contribution in [0.4, 0.5) is 8.78 Å². The predicted molar refractivity (Wildman–Crippen MR) is 50.8 cm³/mol. The van der Waals surface area contributed by atoms with Crippen LogP contribution >= 0.6 is 0 Å². The minimum atomic E-state index is -2.56. The van der Waals surface area contributed by atoms with Crippen LogP contribution in [-0.4, -0.2) is 29.7 Å². The van der Waals surface area contributed by atoms with Crippen LogP contribution < -0.4 is 0 Å². The quantitative estimate of drug-likeness (QED) is 0.513. The van der Waals surface area contributed by atoms with Gasteiger partial charge in [0.2, 0.25) is 0 Å². The van der Waals surface area contributed by atoms with Crippen molar-refractivity contribution in [3.8, 4) is 0 Å². The number of likely N-dealkylation sites (tertiary alicyclic amines) is 1. The average molecular weight is 202 g/mol. The Labute approximate surface area is 82.8 Å². The molecule has 0 atom stereocenters.